The van der Waals surface area contributed by atoms with Crippen molar-refractivity contribution in [1.29, 1.82) is 0 Å². The molecule has 0 aliphatic carbocycles. The molecule has 1 amide bonds. The Kier molecular flexibility index (Phi) is 6.42. The predicted molar refractivity (Wildman–Crippen MR) is 107 cm³/mol. The van der Waals surface area contributed by atoms with Gasteiger partial charge in [-0.3, -0.25) is 9.10 Å². The van der Waals surface area contributed by atoms with Crippen molar-refractivity contribution in [2.24, 2.45) is 0 Å². The first-order valence-corrected chi connectivity index (χ1v) is 10.6. The second-order valence-corrected chi connectivity index (χ2v) is 8.08. The Labute approximate surface area is 156 Å². The molecule has 0 fully saturated rings. The number of nitrogens with one attached hydrogen (secondary N) is 1. The normalized spacial score (nSPS) is 12.5. The van der Waals surface area contributed by atoms with Crippen molar-refractivity contribution in [1.82, 2.24) is 0 Å². The van der Waals surface area contributed by atoms with E-state index in [1.54, 1.807) is 37.3 Å². The van der Waals surface area contributed by atoms with Crippen LogP contribution in [0.1, 0.15) is 31.9 Å². The largest absolute Gasteiger partial charge is 0.324 e. The summed E-state index contributed by atoms with van der Waals surface area (Å²) in [6, 6.07) is 13.7. The number of para-hydroxylation sites is 2. The average Bonchev–Trinajstić information content (AvgIpc) is 2.61. The molecule has 1 atom stereocenters. The fraction of sp³-hybridized carbons (Fsp3) is 0.350. The van der Waals surface area contributed by atoms with Crippen LogP contribution in [0.5, 0.6) is 0 Å². The second-order valence-electron chi connectivity index (χ2n) is 6.22. The fourth-order valence-electron chi connectivity index (χ4n) is 3.01. The van der Waals surface area contributed by atoms with Gasteiger partial charge >= 0.3 is 0 Å². The van der Waals surface area contributed by atoms with E-state index in [4.69, 9.17) is 0 Å². The highest BCUT2D eigenvalue weighted by molar-refractivity contribution is 7.92. The van der Waals surface area contributed by atoms with Gasteiger partial charge in [0.1, 0.15) is 6.04 Å². The molecule has 0 aromatic heterocycles. The standard InChI is InChI=1S/C20H26N2O3S/c1-5-16-11-10-12-17(6-2)19(16)21-20(23)15(3)22(26(4,24)25)18-13-8-7-9-14-18/h7-15H,5-6H2,1-4H3,(H,21,23). The summed E-state index contributed by atoms with van der Waals surface area (Å²) >= 11 is 0. The van der Waals surface area contributed by atoms with Crippen LogP contribution in [0, 0.1) is 0 Å². The third-order valence-corrected chi connectivity index (χ3v) is 5.59. The van der Waals surface area contributed by atoms with Crippen LogP contribution in [0.25, 0.3) is 0 Å². The Bertz CT molecular complexity index is 842. The molecule has 140 valence electrons. The van der Waals surface area contributed by atoms with E-state index in [0.717, 1.165) is 40.2 Å². The molecule has 2 aromatic rings. The number of carbonyl (C=O) groups excluding carboxylic acids is 1. The van der Waals surface area contributed by atoms with Crippen molar-refractivity contribution < 1.29 is 13.2 Å². The number of hydrogen-bond acceptors (Lipinski definition) is 3. The lowest BCUT2D eigenvalue weighted by Gasteiger charge is -2.28. The van der Waals surface area contributed by atoms with Crippen molar-refractivity contribution >= 4 is 27.3 Å². The molecule has 0 spiro atoms. The Morgan fingerprint density at radius 3 is 2.00 bits per heavy atom. The number of amides is 1. The van der Waals surface area contributed by atoms with Crippen LogP contribution < -0.4 is 9.62 Å². The summed E-state index contributed by atoms with van der Waals surface area (Å²) in [4.78, 5) is 12.9. The molecule has 2 rings (SSSR count). The summed E-state index contributed by atoms with van der Waals surface area (Å²) in [5.74, 6) is -0.352. The lowest BCUT2D eigenvalue weighted by molar-refractivity contribution is -0.116. The van der Waals surface area contributed by atoms with Crippen LogP contribution in [0.3, 0.4) is 0 Å². The summed E-state index contributed by atoms with van der Waals surface area (Å²) in [6.07, 6.45) is 2.68. The van der Waals surface area contributed by atoms with Crippen LogP contribution in [0.2, 0.25) is 0 Å². The number of aryl methyl sites for hydroxylation is 2. The first-order chi connectivity index (χ1) is 12.3. The molecule has 1 N–H and O–H groups in total. The van der Waals surface area contributed by atoms with Crippen LogP contribution in [-0.2, 0) is 27.7 Å². The Morgan fingerprint density at radius 2 is 1.54 bits per heavy atom. The number of rotatable bonds is 7. The second kappa shape index (κ2) is 8.36. The minimum absolute atomic E-state index is 0.352. The van der Waals surface area contributed by atoms with Gasteiger partial charge in [0.2, 0.25) is 15.9 Å². The SMILES string of the molecule is CCc1cccc(CC)c1NC(=O)C(C)N(c1ccccc1)S(C)(=O)=O. The summed E-state index contributed by atoms with van der Waals surface area (Å²) in [5, 5.41) is 2.96. The average molecular weight is 375 g/mol. The molecule has 0 heterocycles. The van der Waals surface area contributed by atoms with Crippen LogP contribution in [0.15, 0.2) is 48.5 Å². The van der Waals surface area contributed by atoms with Gasteiger partial charge in [0.25, 0.3) is 0 Å². The van der Waals surface area contributed by atoms with E-state index < -0.39 is 16.1 Å². The first kappa shape index (κ1) is 20.0. The van der Waals surface area contributed by atoms with Crippen LogP contribution >= 0.6 is 0 Å². The van der Waals surface area contributed by atoms with E-state index in [2.05, 4.69) is 5.32 Å². The van der Waals surface area contributed by atoms with Gasteiger partial charge in [0.05, 0.1) is 11.9 Å². The third kappa shape index (κ3) is 4.43. The molecule has 0 aliphatic rings. The molecule has 26 heavy (non-hydrogen) atoms. The minimum atomic E-state index is -3.61. The van der Waals surface area contributed by atoms with Gasteiger partial charge in [-0.2, -0.15) is 0 Å². The zero-order valence-corrected chi connectivity index (χ0v) is 16.5. The van der Waals surface area contributed by atoms with Gasteiger partial charge in [-0.15, -0.1) is 0 Å². The van der Waals surface area contributed by atoms with Gasteiger partial charge in [0, 0.05) is 5.69 Å². The van der Waals surface area contributed by atoms with Crippen LogP contribution in [0.4, 0.5) is 11.4 Å². The van der Waals surface area contributed by atoms with Gasteiger partial charge in [0.15, 0.2) is 0 Å². The van der Waals surface area contributed by atoms with Crippen molar-refractivity contribution in [2.45, 2.75) is 39.7 Å². The Hall–Kier alpha value is -2.34. The minimum Gasteiger partial charge on any atom is -0.324 e. The lowest BCUT2D eigenvalue weighted by Crippen LogP contribution is -2.45. The smallest absolute Gasteiger partial charge is 0.248 e. The molecule has 0 saturated heterocycles. The zero-order valence-electron chi connectivity index (χ0n) is 15.7. The quantitative estimate of drug-likeness (QED) is 0.805. The number of sulfonamides is 1. The molecule has 6 heteroatoms. The van der Waals surface area contributed by atoms with Crippen molar-refractivity contribution in [3.63, 3.8) is 0 Å². The van der Waals surface area contributed by atoms with Gasteiger partial charge < -0.3 is 5.32 Å². The highest BCUT2D eigenvalue weighted by Gasteiger charge is 2.29. The maximum Gasteiger partial charge on any atom is 0.248 e. The Balaban J connectivity index is 2.37. The van der Waals surface area contributed by atoms with E-state index in [0.29, 0.717) is 5.69 Å². The number of hydrogen-bond donors (Lipinski definition) is 1. The molecule has 2 aromatic carbocycles. The highest BCUT2D eigenvalue weighted by atomic mass is 32.2. The molecule has 0 saturated carbocycles. The number of benzene rings is 2. The summed E-state index contributed by atoms with van der Waals surface area (Å²) in [5.41, 5.74) is 3.33. The maximum atomic E-state index is 12.9. The molecule has 1 unspecified atom stereocenters. The van der Waals surface area contributed by atoms with Gasteiger partial charge in [-0.05, 0) is 43.0 Å². The molecule has 0 aliphatic heterocycles. The van der Waals surface area contributed by atoms with E-state index in [1.165, 1.54) is 0 Å². The molecular formula is C20H26N2O3S. The summed E-state index contributed by atoms with van der Waals surface area (Å²) in [6.45, 7) is 5.66. The molecule has 0 radical (unpaired) electrons. The molecule has 0 bridgehead atoms. The predicted octanol–water partition coefficient (Wildman–Crippen LogP) is 3.60. The number of anilines is 2. The fourth-order valence-corrected chi connectivity index (χ4v) is 4.19. The molecule has 5 nitrogen and oxygen atoms in total. The summed E-state index contributed by atoms with van der Waals surface area (Å²) < 4.78 is 25.8. The van der Waals surface area contributed by atoms with E-state index in [1.807, 2.05) is 32.0 Å². The van der Waals surface area contributed by atoms with Crippen LogP contribution in [-0.4, -0.2) is 26.6 Å². The summed E-state index contributed by atoms with van der Waals surface area (Å²) in [7, 11) is -3.61. The van der Waals surface area contributed by atoms with Crippen molar-refractivity contribution in [3.8, 4) is 0 Å². The topological polar surface area (TPSA) is 66.5 Å². The van der Waals surface area contributed by atoms with Gasteiger partial charge in [-0.25, -0.2) is 8.42 Å². The zero-order chi connectivity index (χ0) is 19.3. The van der Waals surface area contributed by atoms with Crippen molar-refractivity contribution in [2.75, 3.05) is 15.9 Å². The monoisotopic (exact) mass is 374 g/mol. The molecular weight excluding hydrogens is 348 g/mol. The highest BCUT2D eigenvalue weighted by Crippen LogP contribution is 2.25. The third-order valence-electron chi connectivity index (χ3n) is 4.35. The van der Waals surface area contributed by atoms with Crippen molar-refractivity contribution in [3.05, 3.63) is 59.7 Å². The first-order valence-electron chi connectivity index (χ1n) is 8.75. The Morgan fingerprint density at radius 1 is 1.00 bits per heavy atom. The van der Waals surface area contributed by atoms with E-state index in [-0.39, 0.29) is 5.91 Å². The maximum absolute atomic E-state index is 12.9. The lowest BCUT2D eigenvalue weighted by atomic mass is 10.0. The van der Waals surface area contributed by atoms with E-state index >= 15 is 0 Å². The van der Waals surface area contributed by atoms with E-state index in [9.17, 15) is 13.2 Å². The van der Waals surface area contributed by atoms with Gasteiger partial charge in [-0.1, -0.05) is 50.2 Å². The number of carbonyl (C=O) groups is 1. The number of nitrogens with zero attached hydrogens (tertiary/aromatic N) is 1.